The Hall–Kier alpha value is -7.75. The van der Waals surface area contributed by atoms with E-state index in [0.717, 1.165) is 10.8 Å². The molecule has 27 heteroatoms. The van der Waals surface area contributed by atoms with E-state index >= 15 is 0 Å². The first-order valence-corrected chi connectivity index (χ1v) is 23.3. The number of urea groups is 1. The van der Waals surface area contributed by atoms with Crippen LogP contribution in [0.2, 0.25) is 0 Å². The molecule has 1 aliphatic rings. The molecule has 0 spiro atoms. The first-order chi connectivity index (χ1) is 34.7. The molecule has 0 radical (unpaired) electrons. The second kappa shape index (κ2) is 29.6. The number of carboxylic acids is 6. The van der Waals surface area contributed by atoms with Crippen molar-refractivity contribution in [3.05, 3.63) is 65.5 Å². The van der Waals surface area contributed by atoms with E-state index in [1.807, 2.05) is 36.4 Å². The van der Waals surface area contributed by atoms with Gasteiger partial charge in [-0.05, 0) is 42.0 Å². The first kappa shape index (κ1) is 57.8. The smallest absolute Gasteiger partial charge is 0.326 e. The van der Waals surface area contributed by atoms with Crippen molar-refractivity contribution in [2.24, 2.45) is 0 Å². The molecule has 3 aromatic rings. The zero-order chi connectivity index (χ0) is 53.5. The molecule has 27 nitrogen and oxygen atoms in total. The van der Waals surface area contributed by atoms with Crippen molar-refractivity contribution >= 4 is 70.3 Å². The van der Waals surface area contributed by atoms with Gasteiger partial charge < -0.3 is 61.7 Å². The van der Waals surface area contributed by atoms with E-state index in [1.165, 1.54) is 6.07 Å². The van der Waals surface area contributed by atoms with Crippen molar-refractivity contribution in [1.29, 1.82) is 0 Å². The molecule has 5 amide bonds. The Balaban J connectivity index is 1.36. The van der Waals surface area contributed by atoms with Gasteiger partial charge in [-0.1, -0.05) is 47.6 Å². The number of benzene rings is 2. The molecule has 1 aromatic heterocycles. The highest BCUT2D eigenvalue weighted by atomic mass is 16.5. The number of aromatic nitrogens is 1. The molecular weight excluding hydrogens is 965 g/mol. The number of hydrogen-bond acceptors (Lipinski definition) is 16. The Morgan fingerprint density at radius 1 is 0.562 bits per heavy atom. The molecule has 73 heavy (non-hydrogen) atoms. The van der Waals surface area contributed by atoms with Crippen molar-refractivity contribution < 1.29 is 83.1 Å². The van der Waals surface area contributed by atoms with Crippen LogP contribution in [0.1, 0.15) is 53.9 Å². The number of carboxylic acid groups (broad SMARTS) is 6. The van der Waals surface area contributed by atoms with E-state index in [1.54, 1.807) is 25.7 Å². The fourth-order valence-corrected chi connectivity index (χ4v) is 7.72. The second-order valence-electron chi connectivity index (χ2n) is 17.3. The van der Waals surface area contributed by atoms with Gasteiger partial charge in [-0.25, -0.2) is 14.4 Å². The molecule has 3 atom stereocenters. The lowest BCUT2D eigenvalue weighted by molar-refractivity contribution is -0.141. The van der Waals surface area contributed by atoms with E-state index in [-0.39, 0.29) is 129 Å². The van der Waals surface area contributed by atoms with Crippen molar-refractivity contribution in [3.63, 3.8) is 0 Å². The Morgan fingerprint density at radius 3 is 1.60 bits per heavy atom. The Morgan fingerprint density at radius 2 is 1.08 bits per heavy atom. The van der Waals surface area contributed by atoms with Crippen molar-refractivity contribution in [3.8, 4) is 0 Å². The van der Waals surface area contributed by atoms with Crippen molar-refractivity contribution in [2.75, 3.05) is 85.1 Å². The van der Waals surface area contributed by atoms with E-state index < -0.39 is 90.5 Å². The number of hydrogen-bond donors (Lipinski definition) is 11. The molecule has 1 fully saturated rings. The van der Waals surface area contributed by atoms with Gasteiger partial charge in [-0.3, -0.25) is 53.2 Å². The van der Waals surface area contributed by atoms with Gasteiger partial charge in [0.25, 0.3) is 5.91 Å². The summed E-state index contributed by atoms with van der Waals surface area (Å²) in [4.78, 5) is 128. The summed E-state index contributed by atoms with van der Waals surface area (Å²) in [6, 6.07) is 9.05. The Bertz CT molecular complexity index is 2390. The summed E-state index contributed by atoms with van der Waals surface area (Å²) in [6.45, 7) is 0.320. The number of amides is 5. The monoisotopic (exact) mass is 1030 g/mol. The van der Waals surface area contributed by atoms with Crippen LogP contribution in [-0.2, 0) is 51.3 Å². The number of rotatable bonds is 27. The number of nitrogens with one attached hydrogen (secondary N) is 5. The normalized spacial score (nSPS) is 15.6. The number of unbranched alkanes of at least 4 members (excludes halogenated alkanes) is 1. The summed E-state index contributed by atoms with van der Waals surface area (Å²) in [5.74, 6) is -9.24. The molecule has 1 aliphatic heterocycles. The summed E-state index contributed by atoms with van der Waals surface area (Å²) < 4.78 is 5.34. The Kier molecular flexibility index (Phi) is 23.4. The molecule has 4 rings (SSSR count). The lowest BCUT2D eigenvalue weighted by Crippen LogP contribution is -2.51. The standard InChI is InChI=1S/C46H62N10O17/c57-37(25-53-13-15-54(26-39(60)61)17-19-56(28-41(64)65)20-18-55(16-14-53)27-40(62)63)48-24-32-23-36(52-73-32)43(67)49-35(22-29-8-9-30-5-1-2-6-31(30)21-29)42(66)47-12-4-3-7-33(44(68)69)50-46(72)51-34(45(70)71)10-11-38(58)59/h1-2,5-6,8-9,21,23,33-35H,3-4,7,10-20,22,24-28H2,(H,47,66)(H,48,57)(H,49,67)(H,58,59)(H,60,61)(H,62,63)(H,64,65)(H,68,69)(H,70,71)(H2,50,51,72)/t33-,34-,35-/m0/s1. The first-order valence-electron chi connectivity index (χ1n) is 23.3. The minimum atomic E-state index is -1.57. The van der Waals surface area contributed by atoms with Gasteiger partial charge >= 0.3 is 41.8 Å². The van der Waals surface area contributed by atoms with Crippen LogP contribution >= 0.6 is 0 Å². The maximum absolute atomic E-state index is 13.7. The molecule has 398 valence electrons. The van der Waals surface area contributed by atoms with Gasteiger partial charge in [0.05, 0.1) is 32.7 Å². The highest BCUT2D eigenvalue weighted by molar-refractivity contribution is 5.96. The predicted molar refractivity (Wildman–Crippen MR) is 254 cm³/mol. The van der Waals surface area contributed by atoms with Crippen LogP contribution in [0, 0.1) is 0 Å². The molecule has 0 saturated carbocycles. The maximum Gasteiger partial charge on any atom is 0.326 e. The van der Waals surface area contributed by atoms with Gasteiger partial charge in [0.1, 0.15) is 18.1 Å². The third kappa shape index (κ3) is 21.6. The molecule has 2 heterocycles. The van der Waals surface area contributed by atoms with E-state index in [2.05, 4.69) is 31.7 Å². The highest BCUT2D eigenvalue weighted by Gasteiger charge is 2.27. The SMILES string of the molecule is O=C(O)CC[C@H](NC(=O)N[C@@H](CCCCNC(=O)[C@H](Cc1ccc2ccccc2c1)NC(=O)c1cc(CNC(=O)CN2CCN(CC(=O)O)CCN(CC(=O)O)CCN(CC(=O)O)CC2)on1)C(=O)O)C(=O)O. The van der Waals surface area contributed by atoms with Gasteiger partial charge in [0.2, 0.25) is 11.8 Å². The topological polar surface area (TPSA) is 391 Å². The zero-order valence-corrected chi connectivity index (χ0v) is 39.9. The average molecular weight is 1030 g/mol. The van der Waals surface area contributed by atoms with Gasteiger partial charge in [-0.2, -0.15) is 0 Å². The van der Waals surface area contributed by atoms with Crippen LogP contribution in [0.5, 0.6) is 0 Å². The lowest BCUT2D eigenvalue weighted by Gasteiger charge is -2.32. The zero-order valence-electron chi connectivity index (χ0n) is 39.9. The molecule has 2 aromatic carbocycles. The van der Waals surface area contributed by atoms with Gasteiger partial charge in [0.15, 0.2) is 11.5 Å². The Labute approximate surface area is 417 Å². The number of fused-ring (bicyclic) bond motifs is 1. The molecule has 0 aliphatic carbocycles. The van der Waals surface area contributed by atoms with Crippen LogP contribution in [0.25, 0.3) is 10.8 Å². The molecule has 1 saturated heterocycles. The van der Waals surface area contributed by atoms with Crippen LogP contribution in [0.4, 0.5) is 4.79 Å². The maximum atomic E-state index is 13.7. The average Bonchev–Trinajstić information content (AvgIpc) is 3.81. The minimum absolute atomic E-state index is 0.0253. The summed E-state index contributed by atoms with van der Waals surface area (Å²) >= 11 is 0. The van der Waals surface area contributed by atoms with Crippen LogP contribution in [0.15, 0.2) is 53.1 Å². The third-order valence-electron chi connectivity index (χ3n) is 11.6. The summed E-state index contributed by atoms with van der Waals surface area (Å²) in [7, 11) is 0. The number of nitrogens with zero attached hydrogens (tertiary/aromatic N) is 5. The van der Waals surface area contributed by atoms with Crippen LogP contribution in [-0.4, -0.2) is 218 Å². The number of aliphatic carboxylic acids is 6. The van der Waals surface area contributed by atoms with E-state index in [9.17, 15) is 73.5 Å². The molecular formula is C46H62N10O17. The fraction of sp³-hybridized carbons (Fsp3) is 0.500. The number of carbonyl (C=O) groups is 10. The summed E-state index contributed by atoms with van der Waals surface area (Å²) in [6.07, 6.45) is -0.661. The quantitative estimate of drug-likeness (QED) is 0.0392. The molecule has 0 bridgehead atoms. The fourth-order valence-electron chi connectivity index (χ4n) is 7.72. The lowest BCUT2D eigenvalue weighted by atomic mass is 10.0. The van der Waals surface area contributed by atoms with Crippen LogP contribution < -0.4 is 26.6 Å². The van der Waals surface area contributed by atoms with Gasteiger partial charge in [0, 0.05) is 77.8 Å². The largest absolute Gasteiger partial charge is 0.481 e. The number of carbonyl (C=O) groups excluding carboxylic acids is 4. The summed E-state index contributed by atoms with van der Waals surface area (Å²) in [5, 5.41) is 74.2. The second-order valence-corrected chi connectivity index (χ2v) is 17.3. The minimum Gasteiger partial charge on any atom is -0.481 e. The third-order valence-corrected chi connectivity index (χ3v) is 11.6. The molecule has 0 unspecified atom stereocenters. The predicted octanol–water partition coefficient (Wildman–Crippen LogP) is -1.38. The highest BCUT2D eigenvalue weighted by Crippen LogP contribution is 2.17. The van der Waals surface area contributed by atoms with Crippen molar-refractivity contribution in [1.82, 2.24) is 51.3 Å². The van der Waals surface area contributed by atoms with Gasteiger partial charge in [-0.15, -0.1) is 0 Å². The van der Waals surface area contributed by atoms with Crippen LogP contribution in [0.3, 0.4) is 0 Å². The van der Waals surface area contributed by atoms with E-state index in [4.69, 9.17) is 9.63 Å². The molecule has 11 N–H and O–H groups in total. The van der Waals surface area contributed by atoms with Crippen molar-refractivity contribution in [2.45, 2.75) is 63.2 Å². The van der Waals surface area contributed by atoms with E-state index in [0.29, 0.717) is 5.56 Å². The summed E-state index contributed by atoms with van der Waals surface area (Å²) in [5.41, 5.74) is 0.490.